The Morgan fingerprint density at radius 2 is 0.346 bits per heavy atom. The summed E-state index contributed by atoms with van der Waals surface area (Å²) in [5, 5.41) is 9.07. The lowest BCUT2D eigenvalue weighted by Gasteiger charge is -2.27. The van der Waals surface area contributed by atoms with Crippen molar-refractivity contribution in [2.75, 3.05) is 12.3 Å². The van der Waals surface area contributed by atoms with Gasteiger partial charge in [-0.2, -0.15) is 0 Å². The van der Waals surface area contributed by atoms with E-state index < -0.39 is 14.5 Å². The topological polar surface area (TPSA) is 0 Å². The smallest absolute Gasteiger partial charge is 0.0620 e. The summed E-state index contributed by atoms with van der Waals surface area (Å²) in [4.78, 5) is 0. The molecule has 6 rings (SSSR count). The molecule has 0 aliphatic rings. The Balaban J connectivity index is 0.926. The molecule has 0 radical (unpaired) electrons. The maximum absolute atomic E-state index is 2.38. The molecule has 0 saturated carbocycles. The van der Waals surface area contributed by atoms with Gasteiger partial charge >= 0.3 is 0 Å². The normalized spacial score (nSPS) is 11.8. The predicted molar refractivity (Wildman–Crippen MR) is 235 cm³/mol. The van der Waals surface area contributed by atoms with Gasteiger partial charge in [-0.05, 0) is 98.5 Å². The molecule has 6 aromatic carbocycles. The Morgan fingerprint density at radius 1 is 0.192 bits per heavy atom. The number of benzene rings is 6. The van der Waals surface area contributed by atoms with Gasteiger partial charge in [-0.15, -0.1) is 0 Å². The monoisotopic (exact) mass is 720 g/mol. The second-order valence-corrected chi connectivity index (χ2v) is 21.6. The molecule has 0 aliphatic carbocycles. The summed E-state index contributed by atoms with van der Waals surface area (Å²) < 4.78 is 0. The molecule has 0 spiro atoms. The average molecular weight is 721 g/mol. The van der Waals surface area contributed by atoms with E-state index in [1.807, 2.05) is 0 Å². The van der Waals surface area contributed by atoms with Crippen molar-refractivity contribution in [3.63, 3.8) is 0 Å². The number of rotatable bonds is 21. The van der Waals surface area contributed by atoms with Gasteiger partial charge in [0.2, 0.25) is 0 Å². The number of hydrogen-bond donors (Lipinski definition) is 0. The van der Waals surface area contributed by atoms with Crippen LogP contribution in [0.15, 0.2) is 182 Å². The van der Waals surface area contributed by atoms with E-state index in [9.17, 15) is 0 Å². The van der Waals surface area contributed by atoms with Crippen LogP contribution in [0.5, 0.6) is 0 Å². The minimum absolute atomic E-state index is 1.25. The molecule has 0 amide bonds. The van der Waals surface area contributed by atoms with E-state index in [-0.39, 0.29) is 0 Å². The van der Waals surface area contributed by atoms with Gasteiger partial charge in [0.1, 0.15) is 46.4 Å². The highest BCUT2D eigenvalue weighted by molar-refractivity contribution is 7.96. The summed E-state index contributed by atoms with van der Waals surface area (Å²) in [6.07, 6.45) is 18.7. The standard InChI is InChI=1S/C50H58P2/c1(3-5-7-9-29-43-51(45-31-17-11-18-32-45,46-33-19-12-20-34-46)47-35-21-13-22-36-47)2-4-6-8-10-30-44-52(48-37-23-14-24-38-48,49-39-25-15-26-40-49)50-41-27-16-28-42-50/h11-28,31-42H,1-10,29-30,43-44H2/q+2. The van der Waals surface area contributed by atoms with Crippen LogP contribution in [0.3, 0.4) is 0 Å². The molecule has 0 N–H and O–H groups in total. The summed E-state index contributed by atoms with van der Waals surface area (Å²) >= 11 is 0. The summed E-state index contributed by atoms with van der Waals surface area (Å²) in [7, 11) is -3.38. The zero-order chi connectivity index (χ0) is 35.6. The lowest BCUT2D eigenvalue weighted by atomic mass is 10.1. The van der Waals surface area contributed by atoms with E-state index >= 15 is 0 Å². The summed E-state index contributed by atoms with van der Waals surface area (Å²) in [6.45, 7) is 0. The zero-order valence-electron chi connectivity index (χ0n) is 31.1. The lowest BCUT2D eigenvalue weighted by Crippen LogP contribution is -2.33. The molecular weight excluding hydrogens is 662 g/mol. The molecule has 0 aliphatic heterocycles. The molecule has 0 saturated heterocycles. The Morgan fingerprint density at radius 3 is 0.519 bits per heavy atom. The lowest BCUT2D eigenvalue weighted by molar-refractivity contribution is 0.548. The molecule has 0 unspecified atom stereocenters. The molecule has 0 bridgehead atoms. The highest BCUT2D eigenvalue weighted by atomic mass is 31.2. The van der Waals surface area contributed by atoms with Crippen molar-refractivity contribution >= 4 is 46.4 Å². The third kappa shape index (κ3) is 9.58. The molecule has 0 heterocycles. The van der Waals surface area contributed by atoms with Gasteiger partial charge in [0, 0.05) is 0 Å². The third-order valence-electron chi connectivity index (χ3n) is 10.9. The van der Waals surface area contributed by atoms with Gasteiger partial charge in [-0.25, -0.2) is 0 Å². The summed E-state index contributed by atoms with van der Waals surface area (Å²) in [5.41, 5.74) is 0. The van der Waals surface area contributed by atoms with Gasteiger partial charge in [-0.3, -0.25) is 0 Å². The molecule has 266 valence electrons. The van der Waals surface area contributed by atoms with Gasteiger partial charge in [0.25, 0.3) is 0 Å². The van der Waals surface area contributed by atoms with Crippen LogP contribution in [0.1, 0.15) is 77.0 Å². The molecule has 2 heteroatoms. The average Bonchev–Trinajstić information content (AvgIpc) is 3.23. The van der Waals surface area contributed by atoms with Crippen molar-refractivity contribution in [1.82, 2.24) is 0 Å². The first-order chi connectivity index (χ1) is 25.8. The fourth-order valence-electron chi connectivity index (χ4n) is 8.23. The number of hydrogen-bond acceptors (Lipinski definition) is 0. The van der Waals surface area contributed by atoms with Gasteiger partial charge < -0.3 is 0 Å². The van der Waals surface area contributed by atoms with E-state index in [1.54, 1.807) is 0 Å². The first kappa shape index (κ1) is 37.9. The highest BCUT2D eigenvalue weighted by Crippen LogP contribution is 2.57. The summed E-state index contributed by atoms with van der Waals surface area (Å²) in [6, 6.07) is 68.2. The van der Waals surface area contributed by atoms with Crippen LogP contribution in [-0.4, -0.2) is 12.3 Å². The largest absolute Gasteiger partial charge is 0.112 e. The maximum Gasteiger partial charge on any atom is 0.112 e. The molecule has 0 aromatic heterocycles. The van der Waals surface area contributed by atoms with Crippen LogP contribution in [-0.2, 0) is 0 Å². The van der Waals surface area contributed by atoms with Crippen molar-refractivity contribution in [1.29, 1.82) is 0 Å². The van der Waals surface area contributed by atoms with Gasteiger partial charge in [0.15, 0.2) is 0 Å². The molecule has 52 heavy (non-hydrogen) atoms. The third-order valence-corrected chi connectivity index (χ3v) is 20.0. The fourth-order valence-corrected chi connectivity index (χ4v) is 17.1. The highest BCUT2D eigenvalue weighted by Gasteiger charge is 2.45. The van der Waals surface area contributed by atoms with Crippen LogP contribution in [0.25, 0.3) is 0 Å². The van der Waals surface area contributed by atoms with Crippen molar-refractivity contribution < 1.29 is 0 Å². The molecule has 0 fully saturated rings. The molecule has 0 atom stereocenters. The van der Waals surface area contributed by atoms with Crippen LogP contribution < -0.4 is 31.8 Å². The van der Waals surface area contributed by atoms with Crippen LogP contribution in [0, 0.1) is 0 Å². The molecular formula is C50H58P2+2. The van der Waals surface area contributed by atoms with Crippen LogP contribution in [0.2, 0.25) is 0 Å². The Bertz CT molecular complexity index is 1480. The van der Waals surface area contributed by atoms with Gasteiger partial charge in [0.05, 0.1) is 12.3 Å². The van der Waals surface area contributed by atoms with Crippen LogP contribution >= 0.6 is 14.5 Å². The van der Waals surface area contributed by atoms with Crippen molar-refractivity contribution in [2.45, 2.75) is 77.0 Å². The molecule has 0 nitrogen and oxygen atoms in total. The minimum Gasteiger partial charge on any atom is -0.0620 e. The number of unbranched alkanes of at least 4 members (excludes halogenated alkanes) is 11. The first-order valence-corrected chi connectivity index (χ1v) is 23.9. The van der Waals surface area contributed by atoms with E-state index in [0.29, 0.717) is 0 Å². The van der Waals surface area contributed by atoms with E-state index in [1.165, 1.54) is 121 Å². The second-order valence-electron chi connectivity index (χ2n) is 14.3. The van der Waals surface area contributed by atoms with E-state index in [0.717, 1.165) is 0 Å². The SMILES string of the molecule is c1ccc([P+](CCCCCCCCCCCCCC[P+](c2ccccc2)(c2ccccc2)c2ccccc2)(c2ccccc2)c2ccccc2)cc1. The Kier molecular flexibility index (Phi) is 14.9. The summed E-state index contributed by atoms with van der Waals surface area (Å²) in [5.74, 6) is 0. The molecule has 6 aromatic rings. The van der Waals surface area contributed by atoms with E-state index in [4.69, 9.17) is 0 Å². The van der Waals surface area contributed by atoms with Crippen LogP contribution in [0.4, 0.5) is 0 Å². The fraction of sp³-hybridized carbons (Fsp3) is 0.280. The Labute approximate surface area is 316 Å². The second kappa shape index (κ2) is 20.4. The predicted octanol–water partition coefficient (Wildman–Crippen LogP) is 11.7. The van der Waals surface area contributed by atoms with Crippen molar-refractivity contribution in [3.8, 4) is 0 Å². The van der Waals surface area contributed by atoms with E-state index in [2.05, 4.69) is 182 Å². The minimum atomic E-state index is -1.69. The zero-order valence-corrected chi connectivity index (χ0v) is 32.9. The quantitative estimate of drug-likeness (QED) is 0.0513. The Hall–Kier alpha value is -3.82. The van der Waals surface area contributed by atoms with Crippen molar-refractivity contribution in [2.24, 2.45) is 0 Å². The van der Waals surface area contributed by atoms with Gasteiger partial charge in [-0.1, -0.05) is 161 Å². The van der Waals surface area contributed by atoms with Crippen molar-refractivity contribution in [3.05, 3.63) is 182 Å². The first-order valence-electron chi connectivity index (χ1n) is 19.9. The maximum atomic E-state index is 2.38.